The highest BCUT2D eigenvalue weighted by molar-refractivity contribution is 7.86. The van der Waals surface area contributed by atoms with Gasteiger partial charge in [0, 0.05) is 51.4 Å². The second-order valence-electron chi connectivity index (χ2n) is 13.7. The quantitative estimate of drug-likeness (QED) is 0.0279. The summed E-state index contributed by atoms with van der Waals surface area (Å²) in [4.78, 5) is 19.2. The minimum absolute atomic E-state index is 0.00239. The Morgan fingerprint density at radius 1 is 0.554 bits per heavy atom. The van der Waals surface area contributed by atoms with Crippen LogP contribution >= 0.6 is 0 Å². The van der Waals surface area contributed by atoms with E-state index in [0.717, 1.165) is 0 Å². The van der Waals surface area contributed by atoms with Crippen molar-refractivity contribution in [1.29, 1.82) is 0 Å². The number of hydrogen-bond donors (Lipinski definition) is 6. The second kappa shape index (κ2) is 22.4. The van der Waals surface area contributed by atoms with Gasteiger partial charge in [-0.25, -0.2) is 0 Å². The monoisotopic (exact) mass is 936 g/mol. The largest absolute Gasteiger partial charge is 0.494 e. The predicted molar refractivity (Wildman–Crippen MR) is 247 cm³/mol. The Morgan fingerprint density at radius 2 is 0.923 bits per heavy atom. The average molecular weight is 937 g/mol. The smallest absolute Gasteiger partial charge is 0.294 e. The number of hydrogen-bond acceptors (Lipinski definition) is 20. The first-order chi connectivity index (χ1) is 31.1. The van der Waals surface area contributed by atoms with E-state index in [4.69, 9.17) is 14.5 Å². The first-order valence-corrected chi connectivity index (χ1v) is 23.2. The van der Waals surface area contributed by atoms with Crippen molar-refractivity contribution in [1.82, 2.24) is 15.0 Å². The maximum atomic E-state index is 11.6. The highest BCUT2D eigenvalue weighted by Gasteiger charge is 2.21. The zero-order chi connectivity index (χ0) is 47.3. The van der Waals surface area contributed by atoms with E-state index < -0.39 is 20.2 Å². The summed E-state index contributed by atoms with van der Waals surface area (Å²) in [6, 6.07) is 17.2. The molecule has 0 aliphatic rings. The number of methoxy groups -OCH3 is 2. The van der Waals surface area contributed by atoms with E-state index in [-0.39, 0.29) is 76.7 Å². The van der Waals surface area contributed by atoms with E-state index in [0.29, 0.717) is 60.4 Å². The molecule has 1 heterocycles. The van der Waals surface area contributed by atoms with Gasteiger partial charge in [0.15, 0.2) is 0 Å². The lowest BCUT2D eigenvalue weighted by molar-refractivity contribution is 0.280. The van der Waals surface area contributed by atoms with Crippen LogP contribution in [0.15, 0.2) is 103 Å². The number of aromatic nitrogens is 3. The molecule has 5 aromatic rings. The second-order valence-corrected chi connectivity index (χ2v) is 16.6. The summed E-state index contributed by atoms with van der Waals surface area (Å²) in [7, 11) is -5.81. The molecule has 24 heteroatoms. The number of azo groups is 2. The van der Waals surface area contributed by atoms with Crippen LogP contribution in [-0.2, 0) is 20.2 Å². The molecule has 22 nitrogen and oxygen atoms in total. The fraction of sp³-hybridized carbons (Fsp3) is 0.341. The first kappa shape index (κ1) is 49.4. The standard InChI is InChI=1S/C41H52N12O10S2/c1-7-51(8-2)35-23-31(33(25-37(35)62-5)49-47-27-11-15-29(16-12-27)64(56,57)58)42-39-44-40(46-41(45-39)53(19-21-54)20-22-55)43-32-24-36(52(9-3)10-4)38(63-6)26-34(32)50-48-28-13-17-30(18-14-28)65(59,60)61/h11-18,23-26,54-55H,7-10,19-22H2,1-6H3,(H,56,57,58)(H,59,60,61)(H2,42,43,44,45,46). The molecule has 5 rings (SSSR count). The van der Waals surface area contributed by atoms with Crippen molar-refractivity contribution in [3.63, 3.8) is 0 Å². The zero-order valence-corrected chi connectivity index (χ0v) is 38.2. The van der Waals surface area contributed by atoms with Gasteiger partial charge in [0.25, 0.3) is 20.2 Å². The van der Waals surface area contributed by atoms with Gasteiger partial charge in [-0.2, -0.15) is 42.0 Å². The highest BCUT2D eigenvalue weighted by atomic mass is 32.2. The van der Waals surface area contributed by atoms with Gasteiger partial charge in [0.05, 0.1) is 71.3 Å². The number of ether oxygens (including phenoxy) is 2. The number of benzene rings is 4. The molecule has 0 amide bonds. The topological polar surface area (TPSA) is 290 Å². The summed E-state index contributed by atoms with van der Waals surface area (Å²) in [5, 5.41) is 44.0. The lowest BCUT2D eigenvalue weighted by Crippen LogP contribution is -2.31. The Kier molecular flexibility index (Phi) is 17.0. The third-order valence-electron chi connectivity index (χ3n) is 9.76. The number of nitrogens with one attached hydrogen (secondary N) is 2. The van der Waals surface area contributed by atoms with E-state index in [1.54, 1.807) is 29.2 Å². The maximum absolute atomic E-state index is 11.6. The minimum atomic E-state index is -4.43. The average Bonchev–Trinajstić information content (AvgIpc) is 3.28. The molecule has 1 aromatic heterocycles. The molecule has 0 aliphatic heterocycles. The summed E-state index contributed by atoms with van der Waals surface area (Å²) in [6.07, 6.45) is 0. The molecular weight excluding hydrogens is 885 g/mol. The molecule has 348 valence electrons. The van der Waals surface area contributed by atoms with E-state index >= 15 is 0 Å². The maximum Gasteiger partial charge on any atom is 0.294 e. The molecule has 0 fully saturated rings. The van der Waals surface area contributed by atoms with Crippen LogP contribution in [0.1, 0.15) is 27.7 Å². The van der Waals surface area contributed by atoms with E-state index in [1.807, 2.05) is 27.7 Å². The van der Waals surface area contributed by atoms with Crippen molar-refractivity contribution in [2.24, 2.45) is 20.5 Å². The lowest BCUT2D eigenvalue weighted by Gasteiger charge is -2.25. The molecule has 6 N–H and O–H groups in total. The number of aliphatic hydroxyl groups excluding tert-OH is 2. The first-order valence-electron chi connectivity index (χ1n) is 20.3. The van der Waals surface area contributed by atoms with Crippen molar-refractivity contribution in [3.05, 3.63) is 72.8 Å². The van der Waals surface area contributed by atoms with E-state index in [2.05, 4.69) is 50.9 Å². The van der Waals surface area contributed by atoms with Crippen molar-refractivity contribution in [2.45, 2.75) is 37.5 Å². The van der Waals surface area contributed by atoms with E-state index in [1.165, 1.54) is 62.8 Å². The Morgan fingerprint density at radius 3 is 1.23 bits per heavy atom. The number of anilines is 7. The summed E-state index contributed by atoms with van der Waals surface area (Å²) in [5.41, 5.74) is 3.23. The van der Waals surface area contributed by atoms with E-state index in [9.17, 15) is 36.2 Å². The predicted octanol–water partition coefficient (Wildman–Crippen LogP) is 7.18. The normalized spacial score (nSPS) is 11.8. The third kappa shape index (κ3) is 12.8. The molecule has 0 spiro atoms. The Bertz CT molecular complexity index is 2500. The van der Waals surface area contributed by atoms with Crippen molar-refractivity contribution in [2.75, 3.05) is 92.0 Å². The molecule has 4 aromatic carbocycles. The van der Waals surface area contributed by atoms with Crippen molar-refractivity contribution in [3.8, 4) is 11.5 Å². The number of rotatable bonds is 23. The van der Waals surface area contributed by atoms with Gasteiger partial charge in [-0.3, -0.25) is 9.11 Å². The van der Waals surface area contributed by atoms with Crippen LogP contribution in [0.25, 0.3) is 0 Å². The SMILES string of the molecule is CCN(CC)c1cc(Nc2nc(Nc3cc(N(CC)CC)c(OC)cc3N=Nc3ccc(S(=O)(=O)O)cc3)nc(N(CCO)CCO)n2)c(N=Nc2ccc(S(=O)(=O)O)cc2)cc1OC. The van der Waals surface area contributed by atoms with Gasteiger partial charge in [-0.05, 0) is 88.4 Å². The molecule has 0 atom stereocenters. The number of nitrogens with zero attached hydrogens (tertiary/aromatic N) is 10. The van der Waals surface area contributed by atoms with Crippen LogP contribution in [0.3, 0.4) is 0 Å². The van der Waals surface area contributed by atoms with Gasteiger partial charge in [-0.1, -0.05) is 0 Å². The van der Waals surface area contributed by atoms with Crippen LogP contribution in [0, 0.1) is 0 Å². The third-order valence-corrected chi connectivity index (χ3v) is 11.5. The van der Waals surface area contributed by atoms with Crippen molar-refractivity contribution >= 4 is 83.6 Å². The summed E-state index contributed by atoms with van der Waals surface area (Å²) < 4.78 is 76.9. The highest BCUT2D eigenvalue weighted by Crippen LogP contribution is 2.42. The summed E-state index contributed by atoms with van der Waals surface area (Å²) in [6.45, 7) is 10.00. The fourth-order valence-electron chi connectivity index (χ4n) is 6.44. The van der Waals surface area contributed by atoms with Gasteiger partial charge >= 0.3 is 0 Å². The van der Waals surface area contributed by atoms with Gasteiger partial charge < -0.3 is 45.0 Å². The Labute approximate surface area is 377 Å². The van der Waals surface area contributed by atoms with Crippen LogP contribution in [0.2, 0.25) is 0 Å². The van der Waals surface area contributed by atoms with Crippen LogP contribution in [-0.4, -0.2) is 118 Å². The van der Waals surface area contributed by atoms with Gasteiger partial charge in [0.1, 0.15) is 22.9 Å². The molecule has 0 unspecified atom stereocenters. The molecule has 0 radical (unpaired) electrons. The molecule has 0 saturated carbocycles. The van der Waals surface area contributed by atoms with Crippen LogP contribution in [0.4, 0.5) is 63.3 Å². The van der Waals surface area contributed by atoms with Gasteiger partial charge in [0.2, 0.25) is 17.8 Å². The zero-order valence-electron chi connectivity index (χ0n) is 36.6. The van der Waals surface area contributed by atoms with Crippen molar-refractivity contribution < 1.29 is 45.6 Å². The molecule has 65 heavy (non-hydrogen) atoms. The Hall–Kier alpha value is -6.57. The minimum Gasteiger partial charge on any atom is -0.494 e. The Balaban J connectivity index is 1.68. The molecule has 0 bridgehead atoms. The molecule has 0 saturated heterocycles. The fourth-order valence-corrected chi connectivity index (χ4v) is 7.40. The van der Waals surface area contributed by atoms with Crippen LogP contribution in [0.5, 0.6) is 11.5 Å². The summed E-state index contributed by atoms with van der Waals surface area (Å²) in [5.74, 6) is 1.04. The molecule has 0 aliphatic carbocycles. The van der Waals surface area contributed by atoms with Gasteiger partial charge in [-0.15, -0.1) is 10.2 Å². The molecular formula is C41H52N12O10S2. The summed E-state index contributed by atoms with van der Waals surface area (Å²) >= 11 is 0. The van der Waals surface area contributed by atoms with Crippen LogP contribution < -0.4 is 34.8 Å². The lowest BCUT2D eigenvalue weighted by atomic mass is 10.2. The number of aliphatic hydroxyl groups is 2.